The Kier molecular flexibility index (Phi) is 5.78. The van der Waals surface area contributed by atoms with Gasteiger partial charge < -0.3 is 16.4 Å². The van der Waals surface area contributed by atoms with Crippen molar-refractivity contribution in [3.05, 3.63) is 23.9 Å². The topological polar surface area (TPSA) is 80.0 Å². The number of pyridine rings is 1. The molecule has 2 fully saturated rings. The Morgan fingerprint density at radius 2 is 1.87 bits per heavy atom. The molecule has 126 valence electrons. The number of hydrogen-bond acceptors (Lipinski definition) is 5. The second-order valence-electron chi connectivity index (χ2n) is 6.52. The van der Waals surface area contributed by atoms with Crippen LogP contribution in [0.2, 0.25) is 0 Å². The number of nitrogens with two attached hydrogens (primary N) is 1. The van der Waals surface area contributed by atoms with E-state index in [1.165, 1.54) is 11.5 Å². The van der Waals surface area contributed by atoms with Crippen molar-refractivity contribution in [1.82, 2.24) is 10.3 Å². The predicted molar refractivity (Wildman–Crippen MR) is 95.9 cm³/mol. The van der Waals surface area contributed by atoms with Crippen molar-refractivity contribution in [3.8, 4) is 0 Å². The van der Waals surface area contributed by atoms with Crippen LogP contribution in [0.3, 0.4) is 0 Å². The molecule has 2 heterocycles. The van der Waals surface area contributed by atoms with Gasteiger partial charge >= 0.3 is 0 Å². The summed E-state index contributed by atoms with van der Waals surface area (Å²) >= 11 is 1.99. The fourth-order valence-corrected chi connectivity index (χ4v) is 4.37. The lowest BCUT2D eigenvalue weighted by atomic mass is 9.91. The molecule has 0 spiro atoms. The third-order valence-corrected chi connectivity index (χ3v) is 5.77. The van der Waals surface area contributed by atoms with E-state index in [9.17, 15) is 4.79 Å². The monoisotopic (exact) mass is 334 g/mol. The standard InChI is InChI=1S/C17H26N4OS/c18-12-3-5-13(6-4-12)21-17(22)15-2-1-9-19-16(15)20-14-7-10-23-11-8-14/h1-2,9,12-14H,3-8,10-11,18H2,(H,19,20)(H,21,22). The van der Waals surface area contributed by atoms with Gasteiger partial charge in [0.15, 0.2) is 0 Å². The molecule has 1 aromatic rings. The number of hydrogen-bond donors (Lipinski definition) is 3. The number of thioether (sulfide) groups is 1. The molecule has 1 aromatic heterocycles. The van der Waals surface area contributed by atoms with Crippen molar-refractivity contribution in [2.24, 2.45) is 5.73 Å². The normalized spacial score (nSPS) is 25.8. The highest BCUT2D eigenvalue weighted by Gasteiger charge is 2.23. The fraction of sp³-hybridized carbons (Fsp3) is 0.647. The molecule has 1 amide bonds. The highest BCUT2D eigenvalue weighted by Crippen LogP contribution is 2.23. The number of carbonyl (C=O) groups excluding carboxylic acids is 1. The van der Waals surface area contributed by atoms with Gasteiger partial charge in [0.05, 0.1) is 5.56 Å². The molecule has 0 aromatic carbocycles. The van der Waals surface area contributed by atoms with Gasteiger partial charge in [-0.15, -0.1) is 0 Å². The zero-order valence-electron chi connectivity index (χ0n) is 13.5. The molecule has 1 aliphatic heterocycles. The summed E-state index contributed by atoms with van der Waals surface area (Å²) in [5.41, 5.74) is 6.59. The average molecular weight is 334 g/mol. The van der Waals surface area contributed by atoms with Crippen LogP contribution < -0.4 is 16.4 Å². The van der Waals surface area contributed by atoms with Gasteiger partial charge in [0, 0.05) is 24.3 Å². The number of amides is 1. The van der Waals surface area contributed by atoms with E-state index in [1.807, 2.05) is 23.9 Å². The third kappa shape index (κ3) is 4.61. The first kappa shape index (κ1) is 16.6. The molecule has 0 radical (unpaired) electrons. The maximum Gasteiger partial charge on any atom is 0.255 e. The van der Waals surface area contributed by atoms with Crippen molar-refractivity contribution >= 4 is 23.5 Å². The first-order chi connectivity index (χ1) is 11.2. The Labute approximate surface area is 142 Å². The molecule has 0 atom stereocenters. The third-order valence-electron chi connectivity index (χ3n) is 4.72. The van der Waals surface area contributed by atoms with Gasteiger partial charge in [0.25, 0.3) is 5.91 Å². The maximum absolute atomic E-state index is 12.6. The summed E-state index contributed by atoms with van der Waals surface area (Å²) in [6.45, 7) is 0. The molecule has 23 heavy (non-hydrogen) atoms. The second-order valence-corrected chi connectivity index (χ2v) is 7.74. The van der Waals surface area contributed by atoms with E-state index in [-0.39, 0.29) is 11.9 Å². The maximum atomic E-state index is 12.6. The number of rotatable bonds is 4. The number of nitrogens with zero attached hydrogens (tertiary/aromatic N) is 1. The molecule has 0 bridgehead atoms. The molecule has 0 unspecified atom stereocenters. The molecular formula is C17H26N4OS. The van der Waals surface area contributed by atoms with E-state index in [1.54, 1.807) is 6.20 Å². The lowest BCUT2D eigenvalue weighted by Gasteiger charge is -2.27. The van der Waals surface area contributed by atoms with Gasteiger partial charge in [-0.2, -0.15) is 11.8 Å². The van der Waals surface area contributed by atoms with Gasteiger partial charge in [-0.1, -0.05) is 0 Å². The van der Waals surface area contributed by atoms with Gasteiger partial charge in [-0.05, 0) is 62.2 Å². The van der Waals surface area contributed by atoms with Crippen molar-refractivity contribution in [2.75, 3.05) is 16.8 Å². The molecule has 6 heteroatoms. The first-order valence-corrected chi connectivity index (χ1v) is 9.73. The Balaban J connectivity index is 1.63. The van der Waals surface area contributed by atoms with Crippen LogP contribution in [0.15, 0.2) is 18.3 Å². The van der Waals surface area contributed by atoms with Crippen LogP contribution in [0.25, 0.3) is 0 Å². The van der Waals surface area contributed by atoms with Gasteiger partial charge in [-0.25, -0.2) is 4.98 Å². The van der Waals surface area contributed by atoms with Gasteiger partial charge in [0.1, 0.15) is 5.82 Å². The molecule has 4 N–H and O–H groups in total. The second kappa shape index (κ2) is 8.02. The molecule has 2 aliphatic rings. The SMILES string of the molecule is NC1CCC(NC(=O)c2cccnc2NC2CCSCC2)CC1. The Morgan fingerprint density at radius 1 is 1.13 bits per heavy atom. The lowest BCUT2D eigenvalue weighted by Crippen LogP contribution is -2.40. The smallest absolute Gasteiger partial charge is 0.255 e. The van der Waals surface area contributed by atoms with E-state index in [4.69, 9.17) is 5.73 Å². The summed E-state index contributed by atoms with van der Waals surface area (Å²) in [4.78, 5) is 17.0. The zero-order chi connectivity index (χ0) is 16.1. The summed E-state index contributed by atoms with van der Waals surface area (Å²) in [6, 6.07) is 4.64. The number of nitrogens with one attached hydrogen (secondary N) is 2. The van der Waals surface area contributed by atoms with Crippen LogP contribution >= 0.6 is 11.8 Å². The van der Waals surface area contributed by atoms with Crippen molar-refractivity contribution < 1.29 is 4.79 Å². The Morgan fingerprint density at radius 3 is 2.61 bits per heavy atom. The average Bonchev–Trinajstić information content (AvgIpc) is 2.58. The van der Waals surface area contributed by atoms with E-state index in [0.29, 0.717) is 17.6 Å². The Bertz CT molecular complexity index is 525. The number of anilines is 1. The number of carbonyl (C=O) groups is 1. The summed E-state index contributed by atoms with van der Waals surface area (Å²) in [5, 5.41) is 6.62. The summed E-state index contributed by atoms with van der Waals surface area (Å²) < 4.78 is 0. The van der Waals surface area contributed by atoms with Crippen LogP contribution in [0.1, 0.15) is 48.9 Å². The fourth-order valence-electron chi connectivity index (χ4n) is 3.27. The summed E-state index contributed by atoms with van der Waals surface area (Å²) in [6.07, 6.45) is 7.92. The highest BCUT2D eigenvalue weighted by atomic mass is 32.2. The molecule has 5 nitrogen and oxygen atoms in total. The van der Waals surface area contributed by atoms with Crippen molar-refractivity contribution in [2.45, 2.75) is 56.7 Å². The van der Waals surface area contributed by atoms with Crippen LogP contribution in [-0.4, -0.2) is 40.5 Å². The van der Waals surface area contributed by atoms with E-state index >= 15 is 0 Å². The van der Waals surface area contributed by atoms with Gasteiger partial charge in [0.2, 0.25) is 0 Å². The quantitative estimate of drug-likeness (QED) is 0.788. The minimum absolute atomic E-state index is 0.0220. The molecular weight excluding hydrogens is 308 g/mol. The predicted octanol–water partition coefficient (Wildman–Crippen LogP) is 2.39. The van der Waals surface area contributed by atoms with E-state index < -0.39 is 0 Å². The largest absolute Gasteiger partial charge is 0.367 e. The van der Waals surface area contributed by atoms with E-state index in [0.717, 1.165) is 44.3 Å². The minimum atomic E-state index is -0.0220. The Hall–Kier alpha value is -1.27. The van der Waals surface area contributed by atoms with Crippen LogP contribution in [-0.2, 0) is 0 Å². The van der Waals surface area contributed by atoms with Crippen molar-refractivity contribution in [1.29, 1.82) is 0 Å². The molecule has 3 rings (SSSR count). The van der Waals surface area contributed by atoms with Gasteiger partial charge in [-0.3, -0.25) is 4.79 Å². The molecule has 1 saturated heterocycles. The highest BCUT2D eigenvalue weighted by molar-refractivity contribution is 7.99. The summed E-state index contributed by atoms with van der Waals surface area (Å²) in [5.74, 6) is 3.04. The summed E-state index contributed by atoms with van der Waals surface area (Å²) in [7, 11) is 0. The molecule has 1 saturated carbocycles. The first-order valence-electron chi connectivity index (χ1n) is 8.58. The van der Waals surface area contributed by atoms with E-state index in [2.05, 4.69) is 15.6 Å². The lowest BCUT2D eigenvalue weighted by molar-refractivity contribution is 0.0926. The number of aromatic nitrogens is 1. The zero-order valence-corrected chi connectivity index (χ0v) is 14.3. The minimum Gasteiger partial charge on any atom is -0.367 e. The molecule has 1 aliphatic carbocycles. The van der Waals surface area contributed by atoms with Crippen LogP contribution in [0, 0.1) is 0 Å². The van der Waals surface area contributed by atoms with Crippen LogP contribution in [0.5, 0.6) is 0 Å². The van der Waals surface area contributed by atoms with Crippen LogP contribution in [0.4, 0.5) is 5.82 Å². The van der Waals surface area contributed by atoms with Crippen molar-refractivity contribution in [3.63, 3.8) is 0 Å².